The molecule has 0 amide bonds. The fourth-order valence-electron chi connectivity index (χ4n) is 1.43. The highest BCUT2D eigenvalue weighted by Gasteiger charge is 2.12. The van der Waals surface area contributed by atoms with Crippen LogP contribution in [0.5, 0.6) is 0 Å². The van der Waals surface area contributed by atoms with Crippen LogP contribution < -0.4 is 10.9 Å². The van der Waals surface area contributed by atoms with Crippen LogP contribution in [0.4, 0.5) is 5.69 Å². The van der Waals surface area contributed by atoms with Gasteiger partial charge in [-0.2, -0.15) is 0 Å². The molecule has 0 aliphatic heterocycles. The summed E-state index contributed by atoms with van der Waals surface area (Å²) in [5.41, 5.74) is 6.37. The molecular weight excluding hydrogens is 348 g/mol. The summed E-state index contributed by atoms with van der Waals surface area (Å²) < 4.78 is 23.6. The van der Waals surface area contributed by atoms with Gasteiger partial charge < -0.3 is 5.73 Å². The molecule has 0 atom stereocenters. The summed E-state index contributed by atoms with van der Waals surface area (Å²) in [5.74, 6) is 0. The normalized spacial score (nSPS) is 11.5. The molecule has 0 radical (unpaired) electrons. The van der Waals surface area contributed by atoms with Crippen molar-refractivity contribution in [2.45, 2.75) is 14.7 Å². The Labute approximate surface area is 124 Å². The second-order valence-corrected chi connectivity index (χ2v) is 7.28. The monoisotopic (exact) mass is 358 g/mol. The van der Waals surface area contributed by atoms with Crippen LogP contribution in [-0.2, 0) is 10.0 Å². The van der Waals surface area contributed by atoms with E-state index in [2.05, 4.69) is 15.9 Å². The highest BCUT2D eigenvalue weighted by atomic mass is 79.9. The maximum atomic E-state index is 11.3. The highest BCUT2D eigenvalue weighted by Crippen LogP contribution is 2.37. The van der Waals surface area contributed by atoms with Crippen molar-refractivity contribution in [3.63, 3.8) is 0 Å². The van der Waals surface area contributed by atoms with Crippen LogP contribution in [-0.4, -0.2) is 8.42 Å². The Kier molecular flexibility index (Phi) is 4.19. The number of primary sulfonamides is 1. The van der Waals surface area contributed by atoms with Crippen LogP contribution in [0.25, 0.3) is 0 Å². The molecule has 0 spiro atoms. The quantitative estimate of drug-likeness (QED) is 0.825. The minimum atomic E-state index is -3.73. The Bertz CT molecular complexity index is 717. The van der Waals surface area contributed by atoms with Gasteiger partial charge in [0.25, 0.3) is 0 Å². The van der Waals surface area contributed by atoms with Crippen LogP contribution in [0.1, 0.15) is 0 Å². The molecule has 0 aromatic heterocycles. The van der Waals surface area contributed by atoms with E-state index in [4.69, 9.17) is 10.9 Å². The lowest BCUT2D eigenvalue weighted by Gasteiger charge is -2.08. The van der Waals surface area contributed by atoms with E-state index < -0.39 is 10.0 Å². The molecule has 0 saturated carbocycles. The summed E-state index contributed by atoms with van der Waals surface area (Å²) in [4.78, 5) is 1.65. The summed E-state index contributed by atoms with van der Waals surface area (Å²) >= 11 is 4.81. The predicted octanol–water partition coefficient (Wildman–Crippen LogP) is 2.83. The van der Waals surface area contributed by atoms with Gasteiger partial charge in [-0.25, -0.2) is 13.6 Å². The lowest BCUT2D eigenvalue weighted by atomic mass is 10.3. The number of halogens is 1. The van der Waals surface area contributed by atoms with E-state index >= 15 is 0 Å². The third kappa shape index (κ3) is 3.50. The summed E-state index contributed by atoms with van der Waals surface area (Å²) in [5, 5.41) is 5.11. The van der Waals surface area contributed by atoms with Gasteiger partial charge in [0.05, 0.1) is 4.90 Å². The smallest absolute Gasteiger partial charge is 0.238 e. The molecule has 0 heterocycles. The first-order valence-corrected chi connectivity index (χ1v) is 8.38. The fourth-order valence-corrected chi connectivity index (χ4v) is 3.49. The first-order valence-electron chi connectivity index (χ1n) is 5.22. The molecular formula is C12H11BrN2O2S2. The van der Waals surface area contributed by atoms with Gasteiger partial charge in [0, 0.05) is 20.0 Å². The molecule has 19 heavy (non-hydrogen) atoms. The third-order valence-corrected chi connectivity index (χ3v) is 5.38. The first kappa shape index (κ1) is 14.4. The molecule has 4 N–H and O–H groups in total. The lowest BCUT2D eigenvalue weighted by molar-refractivity contribution is 0.597. The number of rotatable bonds is 3. The standard InChI is InChI=1S/C12H11BrN2O2S2/c13-9-3-1-2-4-11(9)18-12-7-8(19(15,16)17)5-6-10(12)14/h1-7H,14H2,(H2,15,16,17). The fraction of sp³-hybridized carbons (Fsp3) is 0. The van der Waals surface area contributed by atoms with E-state index in [1.54, 1.807) is 6.07 Å². The van der Waals surface area contributed by atoms with Gasteiger partial charge in [-0.05, 0) is 46.3 Å². The van der Waals surface area contributed by atoms with E-state index in [1.807, 2.05) is 24.3 Å². The Balaban J connectivity index is 2.43. The molecule has 0 unspecified atom stereocenters. The minimum Gasteiger partial charge on any atom is -0.398 e. The number of benzene rings is 2. The van der Waals surface area contributed by atoms with E-state index in [1.165, 1.54) is 23.9 Å². The molecule has 4 nitrogen and oxygen atoms in total. The van der Waals surface area contributed by atoms with Crippen LogP contribution in [0, 0.1) is 0 Å². The van der Waals surface area contributed by atoms with E-state index in [0.29, 0.717) is 10.6 Å². The van der Waals surface area contributed by atoms with Crippen molar-refractivity contribution < 1.29 is 8.42 Å². The lowest BCUT2D eigenvalue weighted by Crippen LogP contribution is -2.12. The van der Waals surface area contributed by atoms with Crippen molar-refractivity contribution >= 4 is 43.4 Å². The number of hydrogen-bond donors (Lipinski definition) is 2. The molecule has 0 bridgehead atoms. The number of anilines is 1. The average Bonchev–Trinajstić information content (AvgIpc) is 2.33. The summed E-state index contributed by atoms with van der Waals surface area (Å²) in [6.45, 7) is 0. The SMILES string of the molecule is Nc1ccc(S(N)(=O)=O)cc1Sc1ccccc1Br. The Morgan fingerprint density at radius 1 is 1.05 bits per heavy atom. The van der Waals surface area contributed by atoms with Gasteiger partial charge >= 0.3 is 0 Å². The average molecular weight is 359 g/mol. The van der Waals surface area contributed by atoms with Crippen LogP contribution in [0.15, 0.2) is 61.6 Å². The van der Waals surface area contributed by atoms with E-state index in [9.17, 15) is 8.42 Å². The molecule has 2 aromatic carbocycles. The van der Waals surface area contributed by atoms with Crippen molar-refractivity contribution in [2.24, 2.45) is 5.14 Å². The third-order valence-electron chi connectivity index (χ3n) is 2.37. The maximum absolute atomic E-state index is 11.3. The summed E-state index contributed by atoms with van der Waals surface area (Å²) in [6, 6.07) is 12.0. The van der Waals surface area contributed by atoms with Gasteiger partial charge in [-0.1, -0.05) is 23.9 Å². The minimum absolute atomic E-state index is 0.0521. The Hall–Kier alpha value is -1.02. The Morgan fingerprint density at radius 3 is 2.37 bits per heavy atom. The van der Waals surface area contributed by atoms with Crippen LogP contribution >= 0.6 is 27.7 Å². The second-order valence-electron chi connectivity index (χ2n) is 3.78. The molecule has 0 aliphatic rings. The van der Waals surface area contributed by atoms with Gasteiger partial charge in [-0.3, -0.25) is 0 Å². The molecule has 0 fully saturated rings. The van der Waals surface area contributed by atoms with Gasteiger partial charge in [0.2, 0.25) is 10.0 Å². The second kappa shape index (κ2) is 5.54. The maximum Gasteiger partial charge on any atom is 0.238 e. The van der Waals surface area contributed by atoms with Gasteiger partial charge in [0.1, 0.15) is 0 Å². The largest absolute Gasteiger partial charge is 0.398 e. The zero-order valence-corrected chi connectivity index (χ0v) is 12.9. The van der Waals surface area contributed by atoms with Crippen LogP contribution in [0.2, 0.25) is 0 Å². The first-order chi connectivity index (χ1) is 8.88. The highest BCUT2D eigenvalue weighted by molar-refractivity contribution is 9.10. The molecule has 0 aliphatic carbocycles. The Morgan fingerprint density at radius 2 is 1.74 bits per heavy atom. The van der Waals surface area contributed by atoms with Crippen molar-refractivity contribution in [2.75, 3.05) is 5.73 Å². The van der Waals surface area contributed by atoms with Crippen molar-refractivity contribution in [1.82, 2.24) is 0 Å². The predicted molar refractivity (Wildman–Crippen MR) is 80.5 cm³/mol. The number of sulfonamides is 1. The summed E-state index contributed by atoms with van der Waals surface area (Å²) in [7, 11) is -3.73. The number of hydrogen-bond acceptors (Lipinski definition) is 4. The van der Waals surface area contributed by atoms with Crippen LogP contribution in [0.3, 0.4) is 0 Å². The van der Waals surface area contributed by atoms with Crippen molar-refractivity contribution in [3.8, 4) is 0 Å². The zero-order valence-electron chi connectivity index (χ0n) is 9.71. The molecule has 100 valence electrons. The molecule has 2 rings (SSSR count). The van der Waals surface area contributed by atoms with E-state index in [-0.39, 0.29) is 4.90 Å². The molecule has 2 aromatic rings. The van der Waals surface area contributed by atoms with Crippen molar-refractivity contribution in [3.05, 3.63) is 46.9 Å². The zero-order chi connectivity index (χ0) is 14.0. The number of nitrogen functional groups attached to an aromatic ring is 1. The molecule has 0 saturated heterocycles. The summed E-state index contributed by atoms with van der Waals surface area (Å²) in [6.07, 6.45) is 0. The van der Waals surface area contributed by atoms with E-state index in [0.717, 1.165) is 9.37 Å². The van der Waals surface area contributed by atoms with Crippen molar-refractivity contribution in [1.29, 1.82) is 0 Å². The van der Waals surface area contributed by atoms with Gasteiger partial charge in [0.15, 0.2) is 0 Å². The molecule has 7 heteroatoms. The van der Waals surface area contributed by atoms with Gasteiger partial charge in [-0.15, -0.1) is 0 Å². The number of nitrogens with two attached hydrogens (primary N) is 2. The topological polar surface area (TPSA) is 86.2 Å².